The number of phenolic OH excluding ortho intramolecular Hbond substituents is 1. The van der Waals surface area contributed by atoms with E-state index >= 15 is 0 Å². The van der Waals surface area contributed by atoms with Gasteiger partial charge in [-0.25, -0.2) is 29.9 Å². The van der Waals surface area contributed by atoms with Gasteiger partial charge < -0.3 is 20.6 Å². The number of nitrogens with one attached hydrogen (secondary N) is 2. The van der Waals surface area contributed by atoms with Crippen molar-refractivity contribution in [2.24, 2.45) is 0 Å². The summed E-state index contributed by atoms with van der Waals surface area (Å²) in [4.78, 5) is 36.3. The van der Waals surface area contributed by atoms with E-state index in [1.165, 1.54) is 0 Å². The summed E-state index contributed by atoms with van der Waals surface area (Å²) in [7, 11) is 0. The Bertz CT molecular complexity index is 2410. The Hall–Kier alpha value is -5.47. The number of phenols is 1. The molecule has 5 N–H and O–H groups in total. The summed E-state index contributed by atoms with van der Waals surface area (Å²) < 4.78 is 0. The van der Waals surface area contributed by atoms with Crippen molar-refractivity contribution in [2.75, 3.05) is 0 Å². The lowest BCUT2D eigenvalue weighted by atomic mass is 10.1. The van der Waals surface area contributed by atoms with Crippen LogP contribution in [0.3, 0.4) is 0 Å². The molecule has 2 aliphatic heterocycles. The number of fused-ring (bicyclic) bond motifs is 20. The quantitative estimate of drug-likeness (QED) is 0.222. The Kier molecular flexibility index (Phi) is 6.04. The molecule has 9 rings (SSSR count). The Labute approximate surface area is 253 Å². The lowest BCUT2D eigenvalue weighted by molar-refractivity contribution is 0.482. The molecule has 11 heteroatoms. The standard InChI is InChI=1S/C32H18N8O.Al.H2O.3H/c41-23-15-7-14-22-24(23)32-39-30-21-13-6-5-12-20(21)28(37-30)35-26-17-9-2-1-8-16(17)25(33-26)34-27-18-10-3-4-11-19(18)29(36-27)38-31(22)40-32;;;;;/h1-15,41H,(H2,33,34,35,36,37,38,39,40);;1H2;;;. The van der Waals surface area contributed by atoms with Crippen molar-refractivity contribution >= 4 is 61.5 Å². The van der Waals surface area contributed by atoms with Crippen LogP contribution in [-0.4, -0.2) is 67.8 Å². The molecular weight excluding hydrogens is 555 g/mol. The van der Waals surface area contributed by atoms with Gasteiger partial charge in [-0.3, -0.25) is 0 Å². The molecule has 0 aliphatic carbocycles. The van der Waals surface area contributed by atoms with E-state index in [0.717, 1.165) is 38.4 Å². The second-order valence-corrected chi connectivity index (χ2v) is 9.95. The largest absolute Gasteiger partial charge is 0.507 e. The van der Waals surface area contributed by atoms with Gasteiger partial charge in [-0.2, -0.15) is 0 Å². The van der Waals surface area contributed by atoms with Gasteiger partial charge in [-0.15, -0.1) is 0 Å². The summed E-state index contributed by atoms with van der Waals surface area (Å²) in [6.07, 6.45) is 0. The van der Waals surface area contributed by atoms with Crippen LogP contribution in [0, 0.1) is 0 Å². The number of aromatic nitrogens is 8. The van der Waals surface area contributed by atoms with Crippen molar-refractivity contribution in [3.05, 3.63) is 91.0 Å². The van der Waals surface area contributed by atoms with E-state index in [0.29, 0.717) is 51.3 Å². The highest BCUT2D eigenvalue weighted by Gasteiger charge is 2.22. The van der Waals surface area contributed by atoms with Gasteiger partial charge in [0, 0.05) is 38.4 Å². The maximum absolute atomic E-state index is 10.9. The van der Waals surface area contributed by atoms with Crippen molar-refractivity contribution in [3.63, 3.8) is 0 Å². The summed E-state index contributed by atoms with van der Waals surface area (Å²) in [6, 6.07) is 29.1. The summed E-state index contributed by atoms with van der Waals surface area (Å²) in [6.45, 7) is 0. The molecule has 7 aromatic rings. The van der Waals surface area contributed by atoms with Gasteiger partial charge in [0.15, 0.2) is 40.7 Å². The summed E-state index contributed by atoms with van der Waals surface area (Å²) in [5.41, 5.74) is 5.74. The zero-order valence-electron chi connectivity index (χ0n) is 21.8. The lowest BCUT2D eigenvalue weighted by Crippen LogP contribution is -1.83. The summed E-state index contributed by atoms with van der Waals surface area (Å²) >= 11 is 0. The highest BCUT2D eigenvalue weighted by Crippen LogP contribution is 2.37. The third-order valence-corrected chi connectivity index (χ3v) is 7.56. The molecular formula is C32H23AlN8O2. The monoisotopic (exact) mass is 578 g/mol. The SMILES string of the molecule is O.Oc1cccc2c3nc4nc(nc5[nH]c(nc6nc(nc([nH]3)c12)-c1ccccc1-6)c1ccccc51)-c1ccccc1-4.[AlH3]. The van der Waals surface area contributed by atoms with E-state index in [1.807, 2.05) is 78.9 Å². The molecule has 3 aromatic heterocycles. The van der Waals surface area contributed by atoms with Crippen molar-refractivity contribution in [2.45, 2.75) is 0 Å². The van der Waals surface area contributed by atoms with E-state index in [-0.39, 0.29) is 28.6 Å². The third kappa shape index (κ3) is 3.91. The Morgan fingerprint density at radius 2 is 0.791 bits per heavy atom. The molecule has 0 spiro atoms. The molecule has 0 fully saturated rings. The highest BCUT2D eigenvalue weighted by atomic mass is 27.0. The normalized spacial score (nSPS) is 11.4. The van der Waals surface area contributed by atoms with Crippen LogP contribution >= 0.6 is 0 Å². The zero-order chi connectivity index (χ0) is 27.1. The Balaban J connectivity index is 0.00000150. The average molecular weight is 579 g/mol. The van der Waals surface area contributed by atoms with Gasteiger partial charge in [0.05, 0.1) is 5.39 Å². The fourth-order valence-electron chi connectivity index (χ4n) is 5.67. The number of rotatable bonds is 0. The molecule has 4 aromatic carbocycles. The van der Waals surface area contributed by atoms with E-state index in [1.54, 1.807) is 12.1 Å². The molecule has 0 atom stereocenters. The smallest absolute Gasteiger partial charge is 0.187 e. The number of H-pyrrole nitrogens is 2. The second kappa shape index (κ2) is 9.82. The maximum atomic E-state index is 10.9. The van der Waals surface area contributed by atoms with Crippen LogP contribution in [0.25, 0.3) is 89.7 Å². The molecule has 0 radical (unpaired) electrons. The first-order chi connectivity index (χ1) is 20.2. The minimum Gasteiger partial charge on any atom is -0.507 e. The summed E-state index contributed by atoms with van der Waals surface area (Å²) in [5, 5.41) is 14.0. The van der Waals surface area contributed by atoms with Crippen LogP contribution in [0.4, 0.5) is 0 Å². The molecule has 0 amide bonds. The van der Waals surface area contributed by atoms with Crippen LogP contribution in [0.1, 0.15) is 0 Å². The first-order valence-electron chi connectivity index (χ1n) is 13.1. The van der Waals surface area contributed by atoms with Gasteiger partial charge >= 0.3 is 0 Å². The fourth-order valence-corrected chi connectivity index (χ4v) is 5.67. The third-order valence-electron chi connectivity index (χ3n) is 7.56. The average Bonchev–Trinajstić information content (AvgIpc) is 3.73. The highest BCUT2D eigenvalue weighted by molar-refractivity contribution is 6.08. The molecule has 206 valence electrons. The van der Waals surface area contributed by atoms with Crippen LogP contribution in [-0.2, 0) is 0 Å². The fraction of sp³-hybridized carbons (Fsp3) is 0. The van der Waals surface area contributed by atoms with E-state index < -0.39 is 0 Å². The van der Waals surface area contributed by atoms with Crippen molar-refractivity contribution in [1.29, 1.82) is 0 Å². The van der Waals surface area contributed by atoms with Crippen LogP contribution < -0.4 is 0 Å². The number of nitrogens with zero attached hydrogens (tertiary/aromatic N) is 6. The predicted octanol–water partition coefficient (Wildman–Crippen LogP) is 4.57. The molecule has 43 heavy (non-hydrogen) atoms. The number of benzene rings is 4. The van der Waals surface area contributed by atoms with Gasteiger partial charge in [-0.05, 0) is 6.07 Å². The van der Waals surface area contributed by atoms with Gasteiger partial charge in [-0.1, -0.05) is 84.9 Å². The first kappa shape index (κ1) is 26.4. The molecule has 0 saturated heterocycles. The lowest BCUT2D eigenvalue weighted by Gasteiger charge is -1.97. The maximum Gasteiger partial charge on any atom is 0.187 e. The minimum absolute atomic E-state index is 0. The molecule has 10 nitrogen and oxygen atoms in total. The molecule has 2 aliphatic rings. The van der Waals surface area contributed by atoms with Crippen LogP contribution in [0.5, 0.6) is 5.75 Å². The number of aromatic amines is 2. The zero-order valence-corrected chi connectivity index (χ0v) is 21.8. The molecule has 5 heterocycles. The van der Waals surface area contributed by atoms with Crippen molar-refractivity contribution in [3.8, 4) is 51.3 Å². The van der Waals surface area contributed by atoms with Gasteiger partial charge in [0.25, 0.3) is 0 Å². The topological polar surface area (TPSA) is 161 Å². The van der Waals surface area contributed by atoms with Gasteiger partial charge in [0.1, 0.15) is 28.3 Å². The summed E-state index contributed by atoms with van der Waals surface area (Å²) in [5.74, 6) is 2.19. The minimum atomic E-state index is 0. The number of aromatic hydroxyl groups is 1. The second-order valence-electron chi connectivity index (χ2n) is 9.95. The number of hydrogen-bond donors (Lipinski definition) is 3. The van der Waals surface area contributed by atoms with Crippen molar-refractivity contribution < 1.29 is 10.6 Å². The molecule has 8 bridgehead atoms. The Morgan fingerprint density at radius 1 is 0.419 bits per heavy atom. The first-order valence-corrected chi connectivity index (χ1v) is 13.1. The molecule has 0 saturated carbocycles. The molecule has 0 unspecified atom stereocenters. The van der Waals surface area contributed by atoms with Crippen LogP contribution in [0.15, 0.2) is 91.0 Å². The van der Waals surface area contributed by atoms with Crippen molar-refractivity contribution in [1.82, 2.24) is 39.9 Å². The van der Waals surface area contributed by atoms with Crippen LogP contribution in [0.2, 0.25) is 0 Å². The van der Waals surface area contributed by atoms with E-state index in [4.69, 9.17) is 29.9 Å². The van der Waals surface area contributed by atoms with Gasteiger partial charge in [0.2, 0.25) is 0 Å². The van der Waals surface area contributed by atoms with E-state index in [9.17, 15) is 5.11 Å². The number of hydrogen-bond acceptors (Lipinski definition) is 7. The predicted molar refractivity (Wildman–Crippen MR) is 171 cm³/mol. The van der Waals surface area contributed by atoms with E-state index in [2.05, 4.69) is 9.97 Å². The Morgan fingerprint density at radius 3 is 1.28 bits per heavy atom.